The summed E-state index contributed by atoms with van der Waals surface area (Å²) >= 11 is 0. The van der Waals surface area contributed by atoms with Crippen molar-refractivity contribution in [2.24, 2.45) is 0 Å². The van der Waals surface area contributed by atoms with Gasteiger partial charge in [0.25, 0.3) is 5.56 Å². The maximum absolute atomic E-state index is 14.1. The van der Waals surface area contributed by atoms with E-state index in [1.165, 1.54) is 12.1 Å². The summed E-state index contributed by atoms with van der Waals surface area (Å²) in [4.78, 5) is 32.8. The highest BCUT2D eigenvalue weighted by molar-refractivity contribution is 5.89. The second kappa shape index (κ2) is 10.8. The molecule has 0 spiro atoms. The number of aryl methyl sites for hydroxylation is 2. The number of aromatic nitrogens is 1. The van der Waals surface area contributed by atoms with Crippen LogP contribution >= 0.6 is 0 Å². The number of carbonyl (C=O) groups excluding carboxylic acids is 1. The van der Waals surface area contributed by atoms with Gasteiger partial charge in [-0.05, 0) is 55.7 Å². The Bertz CT molecular complexity index is 1220. The molecule has 0 bridgehead atoms. The van der Waals surface area contributed by atoms with E-state index in [-0.39, 0.29) is 17.8 Å². The third-order valence-electron chi connectivity index (χ3n) is 6.16. The third-order valence-corrected chi connectivity index (χ3v) is 6.16. The van der Waals surface area contributed by atoms with Gasteiger partial charge >= 0.3 is 6.03 Å². The van der Waals surface area contributed by atoms with Crippen molar-refractivity contribution in [2.75, 3.05) is 44.7 Å². The number of rotatable bonds is 7. The number of para-hydroxylation sites is 1. The maximum Gasteiger partial charge on any atom is 0.322 e. The molecule has 0 atom stereocenters. The lowest BCUT2D eigenvalue weighted by atomic mass is 10.0. The van der Waals surface area contributed by atoms with E-state index in [9.17, 15) is 14.0 Å². The predicted molar refractivity (Wildman–Crippen MR) is 132 cm³/mol. The molecule has 34 heavy (non-hydrogen) atoms. The Morgan fingerprint density at radius 2 is 1.94 bits per heavy atom. The van der Waals surface area contributed by atoms with E-state index >= 15 is 0 Å². The molecule has 0 saturated carbocycles. The van der Waals surface area contributed by atoms with Gasteiger partial charge in [-0.1, -0.05) is 18.2 Å². The molecule has 2 aromatic carbocycles. The van der Waals surface area contributed by atoms with Gasteiger partial charge < -0.3 is 19.9 Å². The van der Waals surface area contributed by atoms with Crippen LogP contribution in [0.15, 0.2) is 47.3 Å². The van der Waals surface area contributed by atoms with E-state index in [2.05, 4.69) is 21.3 Å². The fraction of sp³-hybridized carbons (Fsp3) is 0.385. The Morgan fingerprint density at radius 1 is 1.18 bits per heavy atom. The Morgan fingerprint density at radius 3 is 2.71 bits per heavy atom. The molecule has 0 unspecified atom stereocenters. The smallest absolute Gasteiger partial charge is 0.322 e. The predicted octanol–water partition coefficient (Wildman–Crippen LogP) is 4.04. The molecular formula is C26H31FN4O3. The molecular weight excluding hydrogens is 435 g/mol. The second-order valence-electron chi connectivity index (χ2n) is 8.81. The largest absolute Gasteiger partial charge is 0.379 e. The van der Waals surface area contributed by atoms with Crippen LogP contribution in [0.25, 0.3) is 10.9 Å². The van der Waals surface area contributed by atoms with Crippen LogP contribution in [0.3, 0.4) is 0 Å². The lowest BCUT2D eigenvalue weighted by molar-refractivity contribution is 0.0365. The summed E-state index contributed by atoms with van der Waals surface area (Å²) in [6.45, 7) is 8.52. The summed E-state index contributed by atoms with van der Waals surface area (Å²) in [5, 5.41) is 3.61. The Labute approximate surface area is 198 Å². The number of ether oxygens (including phenoxy) is 1. The zero-order valence-electron chi connectivity index (χ0n) is 19.7. The fourth-order valence-corrected chi connectivity index (χ4v) is 4.36. The molecule has 1 fully saturated rings. The minimum atomic E-state index is -0.501. The van der Waals surface area contributed by atoms with Crippen LogP contribution < -0.4 is 10.9 Å². The van der Waals surface area contributed by atoms with Crippen molar-refractivity contribution in [1.82, 2.24) is 14.8 Å². The van der Waals surface area contributed by atoms with Gasteiger partial charge in [-0.25, -0.2) is 9.18 Å². The topological polar surface area (TPSA) is 77.7 Å². The van der Waals surface area contributed by atoms with Crippen LogP contribution in [0, 0.1) is 19.7 Å². The van der Waals surface area contributed by atoms with E-state index in [0.29, 0.717) is 25.3 Å². The summed E-state index contributed by atoms with van der Waals surface area (Å²) < 4.78 is 19.5. The standard InChI is InChI=1S/C26H31FN4O3/c1-18-14-19(2)21-16-20(25(32)28-24(21)15-18)17-31(9-5-8-30-10-12-34-13-11-30)26(33)29-23-7-4-3-6-22(23)27/h3-4,6-7,14-16H,5,8-13,17H2,1-2H3,(H,28,32)(H,29,33). The molecule has 1 aliphatic heterocycles. The zero-order chi connectivity index (χ0) is 24.1. The van der Waals surface area contributed by atoms with Gasteiger partial charge in [0.05, 0.1) is 25.4 Å². The van der Waals surface area contributed by atoms with Gasteiger partial charge in [0.15, 0.2) is 0 Å². The van der Waals surface area contributed by atoms with Gasteiger partial charge in [-0.3, -0.25) is 9.69 Å². The number of halogens is 1. The number of aromatic amines is 1. The van der Waals surface area contributed by atoms with E-state index in [1.54, 1.807) is 17.0 Å². The summed E-state index contributed by atoms with van der Waals surface area (Å²) in [7, 11) is 0. The quantitative estimate of drug-likeness (QED) is 0.551. The van der Waals surface area contributed by atoms with Crippen LogP contribution in [0.1, 0.15) is 23.1 Å². The molecule has 8 heteroatoms. The van der Waals surface area contributed by atoms with E-state index in [0.717, 1.165) is 48.1 Å². The number of fused-ring (bicyclic) bond motifs is 1. The molecule has 0 radical (unpaired) electrons. The summed E-state index contributed by atoms with van der Waals surface area (Å²) in [6.07, 6.45) is 0.731. The number of morpholine rings is 1. The summed E-state index contributed by atoms with van der Waals surface area (Å²) in [5.74, 6) is -0.501. The first-order chi connectivity index (χ1) is 16.4. The SMILES string of the molecule is Cc1cc(C)c2cc(CN(CCCN3CCOCC3)C(=O)Nc3ccccc3F)c(=O)[nH]c2c1. The highest BCUT2D eigenvalue weighted by atomic mass is 19.1. The number of benzene rings is 2. The number of anilines is 1. The van der Waals surface area contributed by atoms with E-state index in [1.807, 2.05) is 26.0 Å². The number of hydrogen-bond acceptors (Lipinski definition) is 4. The van der Waals surface area contributed by atoms with Crippen molar-refractivity contribution >= 4 is 22.6 Å². The number of amides is 2. The van der Waals surface area contributed by atoms with Gasteiger partial charge in [-0.15, -0.1) is 0 Å². The normalized spacial score (nSPS) is 14.3. The van der Waals surface area contributed by atoms with Gasteiger partial charge in [-0.2, -0.15) is 0 Å². The molecule has 0 aliphatic carbocycles. The Kier molecular flexibility index (Phi) is 7.59. The molecule has 1 aromatic heterocycles. The maximum atomic E-state index is 14.1. The van der Waals surface area contributed by atoms with Crippen LogP contribution in [-0.4, -0.2) is 60.2 Å². The number of carbonyl (C=O) groups is 1. The van der Waals surface area contributed by atoms with Crippen molar-refractivity contribution in [2.45, 2.75) is 26.8 Å². The second-order valence-corrected chi connectivity index (χ2v) is 8.81. The molecule has 3 aromatic rings. The first-order valence-corrected chi connectivity index (χ1v) is 11.6. The zero-order valence-corrected chi connectivity index (χ0v) is 19.7. The van der Waals surface area contributed by atoms with Gasteiger partial charge in [0.2, 0.25) is 0 Å². The average Bonchev–Trinajstić information content (AvgIpc) is 2.81. The minimum Gasteiger partial charge on any atom is -0.379 e. The molecule has 7 nitrogen and oxygen atoms in total. The monoisotopic (exact) mass is 466 g/mol. The van der Waals surface area contributed by atoms with Crippen molar-refractivity contribution in [1.29, 1.82) is 0 Å². The Hall–Kier alpha value is -3.23. The molecule has 2 N–H and O–H groups in total. The van der Waals surface area contributed by atoms with Crippen molar-refractivity contribution < 1.29 is 13.9 Å². The number of nitrogens with zero attached hydrogens (tertiary/aromatic N) is 2. The highest BCUT2D eigenvalue weighted by Crippen LogP contribution is 2.20. The number of nitrogens with one attached hydrogen (secondary N) is 2. The first-order valence-electron chi connectivity index (χ1n) is 11.6. The van der Waals surface area contributed by atoms with Crippen LogP contribution in [-0.2, 0) is 11.3 Å². The minimum absolute atomic E-state index is 0.115. The van der Waals surface area contributed by atoms with E-state index in [4.69, 9.17) is 4.74 Å². The third kappa shape index (κ3) is 5.81. The van der Waals surface area contributed by atoms with Crippen molar-refractivity contribution in [3.63, 3.8) is 0 Å². The lowest BCUT2D eigenvalue weighted by Gasteiger charge is -2.28. The van der Waals surface area contributed by atoms with Crippen LogP contribution in [0.5, 0.6) is 0 Å². The molecule has 180 valence electrons. The Balaban J connectivity index is 1.55. The summed E-state index contributed by atoms with van der Waals surface area (Å²) in [5.41, 5.74) is 3.29. The van der Waals surface area contributed by atoms with Gasteiger partial charge in [0.1, 0.15) is 5.82 Å². The number of hydrogen-bond donors (Lipinski definition) is 2. The van der Waals surface area contributed by atoms with E-state index < -0.39 is 11.8 Å². The number of urea groups is 1. The number of H-pyrrole nitrogens is 1. The summed E-state index contributed by atoms with van der Waals surface area (Å²) in [6, 6.07) is 11.5. The number of pyridine rings is 1. The molecule has 2 amide bonds. The first kappa shape index (κ1) is 23.9. The van der Waals surface area contributed by atoms with Crippen molar-refractivity contribution in [3.8, 4) is 0 Å². The molecule has 2 heterocycles. The highest BCUT2D eigenvalue weighted by Gasteiger charge is 2.19. The van der Waals surface area contributed by atoms with Crippen molar-refractivity contribution in [3.05, 3.63) is 75.3 Å². The molecule has 4 rings (SSSR count). The average molecular weight is 467 g/mol. The molecule has 1 saturated heterocycles. The van der Waals surface area contributed by atoms with Crippen LogP contribution in [0.4, 0.5) is 14.9 Å². The lowest BCUT2D eigenvalue weighted by Crippen LogP contribution is -2.40. The molecule has 1 aliphatic rings. The van der Waals surface area contributed by atoms with Gasteiger partial charge in [0, 0.05) is 42.6 Å². The van der Waals surface area contributed by atoms with Crippen LogP contribution in [0.2, 0.25) is 0 Å². The fourth-order valence-electron chi connectivity index (χ4n) is 4.36.